The number of non-ortho nitro benzene ring substituents is 1. The van der Waals surface area contributed by atoms with Gasteiger partial charge < -0.3 is 5.32 Å². The van der Waals surface area contributed by atoms with Crippen LogP contribution in [0.15, 0.2) is 23.3 Å². The molecule has 0 aliphatic heterocycles. The third-order valence-electron chi connectivity index (χ3n) is 3.21. The molecule has 121 valence electrons. The van der Waals surface area contributed by atoms with Gasteiger partial charge in [0.15, 0.2) is 10.2 Å². The van der Waals surface area contributed by atoms with E-state index in [-0.39, 0.29) is 5.69 Å². The average molecular weight is 358 g/mol. The highest BCUT2D eigenvalue weighted by atomic mass is 32.1. The maximum Gasteiger partial charge on any atom is 0.270 e. The second-order valence-electron chi connectivity index (χ2n) is 4.86. The minimum atomic E-state index is -0.431. The van der Waals surface area contributed by atoms with Crippen molar-refractivity contribution in [2.75, 3.05) is 5.32 Å². The number of nitro benzene ring substituents is 1. The Kier molecular flexibility index (Phi) is 5.00. The van der Waals surface area contributed by atoms with Crippen molar-refractivity contribution >= 4 is 55.4 Å². The standard InChI is InChI=1S/C15H12N5O2S2/c1-9(10-4-2-3-5-10)18-19-14(23)17-15-16-12-7-6-11(20(21)22)8-13(12)24-15/h2-8H,1H3,(H2,16,17,19,23)/b18-9-. The van der Waals surface area contributed by atoms with Crippen LogP contribution in [0.5, 0.6) is 0 Å². The van der Waals surface area contributed by atoms with Gasteiger partial charge in [-0.25, -0.2) is 4.98 Å². The molecule has 7 nitrogen and oxygen atoms in total. The molecule has 1 fully saturated rings. The molecule has 1 aromatic heterocycles. The molecule has 1 saturated carbocycles. The van der Waals surface area contributed by atoms with Crippen molar-refractivity contribution in [1.82, 2.24) is 10.4 Å². The number of aromatic nitrogens is 1. The molecular weight excluding hydrogens is 346 g/mol. The van der Waals surface area contributed by atoms with Crippen LogP contribution in [0.25, 0.3) is 10.2 Å². The van der Waals surface area contributed by atoms with Crippen molar-refractivity contribution in [3.63, 3.8) is 0 Å². The van der Waals surface area contributed by atoms with Crippen LogP contribution in [0.1, 0.15) is 6.92 Å². The van der Waals surface area contributed by atoms with Gasteiger partial charge in [0.05, 0.1) is 15.1 Å². The Labute approximate surface area is 148 Å². The molecule has 1 heterocycles. The summed E-state index contributed by atoms with van der Waals surface area (Å²) in [6.07, 6.45) is 7.78. The molecule has 2 aromatic rings. The van der Waals surface area contributed by atoms with Crippen molar-refractivity contribution in [3.8, 4) is 0 Å². The van der Waals surface area contributed by atoms with Crippen LogP contribution in [0.3, 0.4) is 0 Å². The summed E-state index contributed by atoms with van der Waals surface area (Å²) in [6.45, 7) is 1.88. The van der Waals surface area contributed by atoms with Gasteiger partial charge in [-0.05, 0) is 50.9 Å². The smallest absolute Gasteiger partial charge is 0.270 e. The Hall–Kier alpha value is -2.13. The number of hydrogen-bond acceptors (Lipinski definition) is 6. The summed E-state index contributed by atoms with van der Waals surface area (Å²) in [5.74, 6) is 1.01. The molecule has 1 aliphatic rings. The van der Waals surface area contributed by atoms with Gasteiger partial charge in [0.25, 0.3) is 5.69 Å². The van der Waals surface area contributed by atoms with E-state index in [1.807, 2.05) is 32.6 Å². The van der Waals surface area contributed by atoms with Crippen molar-refractivity contribution < 1.29 is 4.92 Å². The fourth-order valence-corrected chi connectivity index (χ4v) is 3.13. The second kappa shape index (κ2) is 7.18. The van der Waals surface area contributed by atoms with E-state index < -0.39 is 4.92 Å². The molecule has 1 aliphatic carbocycles. The molecule has 0 amide bonds. The predicted molar refractivity (Wildman–Crippen MR) is 99.2 cm³/mol. The summed E-state index contributed by atoms with van der Waals surface area (Å²) in [4.78, 5) is 14.7. The zero-order valence-electron chi connectivity index (χ0n) is 12.5. The average Bonchev–Trinajstić information content (AvgIpc) is 3.20. The number of nitrogens with zero attached hydrogens (tertiary/aromatic N) is 3. The number of benzene rings is 1. The summed E-state index contributed by atoms with van der Waals surface area (Å²) in [5.41, 5.74) is 4.28. The van der Waals surface area contributed by atoms with Crippen molar-refractivity contribution in [1.29, 1.82) is 0 Å². The number of nitro groups is 1. The number of hydrazone groups is 1. The van der Waals surface area contributed by atoms with Gasteiger partial charge in [-0.2, -0.15) is 5.10 Å². The van der Waals surface area contributed by atoms with E-state index in [1.165, 1.54) is 23.5 Å². The Bertz CT molecular complexity index is 811. The molecule has 0 unspecified atom stereocenters. The van der Waals surface area contributed by atoms with E-state index in [4.69, 9.17) is 12.2 Å². The molecule has 3 rings (SSSR count). The molecule has 2 N–H and O–H groups in total. The zero-order chi connectivity index (χ0) is 17.1. The number of hydrogen-bond donors (Lipinski definition) is 2. The monoisotopic (exact) mass is 358 g/mol. The van der Waals surface area contributed by atoms with Crippen LogP contribution in [0.4, 0.5) is 10.8 Å². The number of thiocarbonyl (C=S) groups is 1. The molecule has 0 spiro atoms. The van der Waals surface area contributed by atoms with Gasteiger partial charge in [-0.1, -0.05) is 11.3 Å². The summed E-state index contributed by atoms with van der Waals surface area (Å²) in [5, 5.41) is 18.8. The molecule has 1 aromatic carbocycles. The summed E-state index contributed by atoms with van der Waals surface area (Å²) < 4.78 is 0.714. The minimum absolute atomic E-state index is 0.0355. The Morgan fingerprint density at radius 3 is 2.83 bits per heavy atom. The Balaban J connectivity index is 1.64. The Morgan fingerprint density at radius 1 is 1.38 bits per heavy atom. The molecular formula is C15H12N5O2S2. The highest BCUT2D eigenvalue weighted by Crippen LogP contribution is 2.29. The number of fused-ring (bicyclic) bond motifs is 1. The number of thiazole rings is 1. The SMILES string of the molecule is C/C(=N/NC(=S)Nc1nc2ccc([N+](=O)[O-])cc2s1)[C]1[CH][CH][CH][CH]1. The lowest BCUT2D eigenvalue weighted by Crippen LogP contribution is -2.25. The first-order valence-corrected chi connectivity index (χ1v) is 8.14. The molecule has 0 atom stereocenters. The van der Waals surface area contributed by atoms with Crippen LogP contribution < -0.4 is 10.7 Å². The number of nitrogens with one attached hydrogen (secondary N) is 2. The minimum Gasteiger partial charge on any atom is -0.307 e. The van der Waals surface area contributed by atoms with E-state index in [2.05, 4.69) is 20.8 Å². The Morgan fingerprint density at radius 2 is 2.12 bits per heavy atom. The first-order valence-electron chi connectivity index (χ1n) is 6.91. The third-order valence-corrected chi connectivity index (χ3v) is 4.34. The summed E-state index contributed by atoms with van der Waals surface area (Å²) >= 11 is 6.47. The van der Waals surface area contributed by atoms with E-state index in [0.717, 1.165) is 11.6 Å². The van der Waals surface area contributed by atoms with Gasteiger partial charge in [0, 0.05) is 23.8 Å². The maximum absolute atomic E-state index is 10.8. The maximum atomic E-state index is 10.8. The quantitative estimate of drug-likeness (QED) is 0.377. The molecule has 0 bridgehead atoms. The van der Waals surface area contributed by atoms with E-state index in [9.17, 15) is 10.1 Å². The van der Waals surface area contributed by atoms with Gasteiger partial charge in [-0.3, -0.25) is 15.5 Å². The van der Waals surface area contributed by atoms with Crippen molar-refractivity contribution in [2.24, 2.45) is 5.10 Å². The first kappa shape index (κ1) is 16.7. The van der Waals surface area contributed by atoms with Gasteiger partial charge in [-0.15, -0.1) is 0 Å². The third kappa shape index (κ3) is 3.85. The fourth-order valence-electron chi connectivity index (χ4n) is 2.02. The lowest BCUT2D eigenvalue weighted by atomic mass is 10.0. The fraction of sp³-hybridized carbons (Fsp3) is 0.0667. The normalized spacial score (nSPS) is 15.6. The summed E-state index contributed by atoms with van der Waals surface area (Å²) in [7, 11) is 0. The lowest BCUT2D eigenvalue weighted by Gasteiger charge is -2.08. The van der Waals surface area contributed by atoms with Crippen molar-refractivity contribution in [3.05, 3.63) is 59.9 Å². The summed E-state index contributed by atoms with van der Waals surface area (Å²) in [6, 6.07) is 4.53. The highest BCUT2D eigenvalue weighted by molar-refractivity contribution is 7.80. The van der Waals surface area contributed by atoms with Crippen LogP contribution in [-0.4, -0.2) is 20.7 Å². The van der Waals surface area contributed by atoms with Gasteiger partial charge in [0.1, 0.15) is 0 Å². The second-order valence-corrected chi connectivity index (χ2v) is 6.30. The zero-order valence-corrected chi connectivity index (χ0v) is 14.1. The van der Waals surface area contributed by atoms with Gasteiger partial charge >= 0.3 is 0 Å². The van der Waals surface area contributed by atoms with E-state index >= 15 is 0 Å². The van der Waals surface area contributed by atoms with Crippen molar-refractivity contribution in [2.45, 2.75) is 6.92 Å². The number of rotatable bonds is 4. The molecule has 5 radical (unpaired) electrons. The highest BCUT2D eigenvalue weighted by Gasteiger charge is 2.19. The number of anilines is 1. The van der Waals surface area contributed by atoms with E-state index in [0.29, 0.717) is 20.5 Å². The molecule has 0 saturated heterocycles. The predicted octanol–water partition coefficient (Wildman–Crippen LogP) is 3.27. The van der Waals surface area contributed by atoms with Crippen LogP contribution in [-0.2, 0) is 0 Å². The van der Waals surface area contributed by atoms with Crippen LogP contribution in [0.2, 0.25) is 0 Å². The van der Waals surface area contributed by atoms with Crippen LogP contribution in [0, 0.1) is 41.7 Å². The van der Waals surface area contributed by atoms with E-state index in [1.54, 1.807) is 6.07 Å². The van der Waals surface area contributed by atoms with Gasteiger partial charge in [0.2, 0.25) is 0 Å². The molecule has 24 heavy (non-hydrogen) atoms. The van der Waals surface area contributed by atoms with Crippen LogP contribution >= 0.6 is 23.6 Å². The topological polar surface area (TPSA) is 92.5 Å². The lowest BCUT2D eigenvalue weighted by molar-refractivity contribution is -0.384. The first-order chi connectivity index (χ1) is 11.5. The molecule has 9 heteroatoms. The largest absolute Gasteiger partial charge is 0.307 e.